The summed E-state index contributed by atoms with van der Waals surface area (Å²) in [7, 11) is 0. The van der Waals surface area contributed by atoms with E-state index >= 15 is 0 Å². The molecule has 1 N–H and O–H groups in total. The van der Waals surface area contributed by atoms with E-state index in [2.05, 4.69) is 5.10 Å². The lowest BCUT2D eigenvalue weighted by Gasteiger charge is -2.10. The summed E-state index contributed by atoms with van der Waals surface area (Å²) < 4.78 is 1.17. The van der Waals surface area contributed by atoms with E-state index in [0.29, 0.717) is 5.69 Å². The third-order valence-electron chi connectivity index (χ3n) is 3.14. The van der Waals surface area contributed by atoms with E-state index in [1.54, 1.807) is 13.8 Å². The van der Waals surface area contributed by atoms with Gasteiger partial charge in [-0.1, -0.05) is 13.8 Å². The van der Waals surface area contributed by atoms with Crippen molar-refractivity contribution in [1.82, 2.24) is 9.78 Å². The first-order valence-corrected chi connectivity index (χ1v) is 5.54. The predicted molar refractivity (Wildman–Crippen MR) is 60.7 cm³/mol. The number of carboxylic acid groups (broad SMARTS) is 1. The lowest BCUT2D eigenvalue weighted by molar-refractivity contribution is -0.138. The lowest BCUT2D eigenvalue weighted by Crippen LogP contribution is -2.30. The molecular formula is C11H13N3O4. The molecule has 1 aliphatic rings. The lowest BCUT2D eigenvalue weighted by atomic mass is 10.00. The number of carbonyl (C=O) groups is 3. The van der Waals surface area contributed by atoms with Crippen molar-refractivity contribution in [2.45, 2.75) is 20.4 Å². The molecule has 1 aliphatic heterocycles. The van der Waals surface area contributed by atoms with Crippen LogP contribution < -0.4 is 4.90 Å². The van der Waals surface area contributed by atoms with E-state index in [0.717, 1.165) is 4.90 Å². The molecule has 0 radical (unpaired) electrons. The molecule has 7 heteroatoms. The first kappa shape index (κ1) is 12.3. The molecule has 2 atom stereocenters. The molecule has 1 fully saturated rings. The molecule has 2 unspecified atom stereocenters. The molecule has 7 nitrogen and oxygen atoms in total. The van der Waals surface area contributed by atoms with Gasteiger partial charge in [-0.05, 0) is 0 Å². The molecule has 2 amide bonds. The quantitative estimate of drug-likeness (QED) is 0.770. The standard InChI is InChI=1S/C11H13N3O4/c1-6-7(2)11(18)14(10(6)17)8-3-12-13(4-8)5-9(15)16/h3-4,6-7H,5H2,1-2H3,(H,15,16). The fourth-order valence-corrected chi connectivity index (χ4v) is 1.89. The van der Waals surface area contributed by atoms with Gasteiger partial charge < -0.3 is 5.11 Å². The highest BCUT2D eigenvalue weighted by Gasteiger charge is 2.43. The minimum absolute atomic E-state index is 0.276. The smallest absolute Gasteiger partial charge is 0.325 e. The van der Waals surface area contributed by atoms with Gasteiger partial charge in [0.25, 0.3) is 0 Å². The molecule has 0 spiro atoms. The molecule has 0 bridgehead atoms. The summed E-state index contributed by atoms with van der Waals surface area (Å²) in [5.41, 5.74) is 0.322. The second kappa shape index (κ2) is 4.25. The fraction of sp³-hybridized carbons (Fsp3) is 0.455. The fourth-order valence-electron chi connectivity index (χ4n) is 1.89. The van der Waals surface area contributed by atoms with Crippen LogP contribution in [0.25, 0.3) is 0 Å². The van der Waals surface area contributed by atoms with Gasteiger partial charge in [0.2, 0.25) is 11.8 Å². The Balaban J connectivity index is 2.27. The van der Waals surface area contributed by atoms with Gasteiger partial charge in [-0.2, -0.15) is 5.10 Å². The van der Waals surface area contributed by atoms with Gasteiger partial charge in [-0.3, -0.25) is 19.1 Å². The van der Waals surface area contributed by atoms with Crippen molar-refractivity contribution in [3.63, 3.8) is 0 Å². The number of aromatic nitrogens is 2. The van der Waals surface area contributed by atoms with E-state index < -0.39 is 5.97 Å². The Labute approximate surface area is 103 Å². The van der Waals surface area contributed by atoms with Crippen LogP contribution in [0.1, 0.15) is 13.8 Å². The van der Waals surface area contributed by atoms with E-state index in [1.165, 1.54) is 17.1 Å². The SMILES string of the molecule is CC1C(=O)N(c2cnn(CC(=O)O)c2)C(=O)C1C. The highest BCUT2D eigenvalue weighted by atomic mass is 16.4. The zero-order chi connectivity index (χ0) is 13.4. The van der Waals surface area contributed by atoms with Crippen molar-refractivity contribution < 1.29 is 19.5 Å². The highest BCUT2D eigenvalue weighted by molar-refractivity contribution is 6.21. The first-order valence-electron chi connectivity index (χ1n) is 5.54. The summed E-state index contributed by atoms with van der Waals surface area (Å²) in [6.07, 6.45) is 2.71. The maximum absolute atomic E-state index is 11.9. The summed E-state index contributed by atoms with van der Waals surface area (Å²) in [5, 5.41) is 12.4. The topological polar surface area (TPSA) is 92.5 Å². The number of rotatable bonds is 3. The van der Waals surface area contributed by atoms with Crippen LogP contribution in [0.5, 0.6) is 0 Å². The average molecular weight is 251 g/mol. The highest BCUT2D eigenvalue weighted by Crippen LogP contribution is 2.29. The van der Waals surface area contributed by atoms with Crippen LogP contribution in [0.4, 0.5) is 5.69 Å². The van der Waals surface area contributed by atoms with Gasteiger partial charge >= 0.3 is 5.97 Å². The van der Waals surface area contributed by atoms with E-state index in [1.807, 2.05) is 0 Å². The van der Waals surface area contributed by atoms with Gasteiger partial charge in [0.1, 0.15) is 6.54 Å². The normalized spacial score (nSPS) is 23.8. The van der Waals surface area contributed by atoms with Gasteiger partial charge in [-0.25, -0.2) is 4.90 Å². The van der Waals surface area contributed by atoms with E-state index in [4.69, 9.17) is 5.11 Å². The second-order valence-corrected chi connectivity index (χ2v) is 4.38. The van der Waals surface area contributed by atoms with Gasteiger partial charge in [0, 0.05) is 18.0 Å². The van der Waals surface area contributed by atoms with Crippen LogP contribution >= 0.6 is 0 Å². The summed E-state index contributed by atoms with van der Waals surface area (Å²) >= 11 is 0. The van der Waals surface area contributed by atoms with Crippen LogP contribution in [0.3, 0.4) is 0 Å². The number of carboxylic acids is 1. The zero-order valence-electron chi connectivity index (χ0n) is 10.0. The summed E-state index contributed by atoms with van der Waals surface area (Å²) in [5.74, 6) is -2.31. The number of nitrogens with zero attached hydrogens (tertiary/aromatic N) is 3. The van der Waals surface area contributed by atoms with Crippen molar-refractivity contribution in [3.05, 3.63) is 12.4 Å². The Kier molecular flexibility index (Phi) is 2.90. The summed E-state index contributed by atoms with van der Waals surface area (Å²) in [6.45, 7) is 3.10. The molecule has 1 aromatic heterocycles. The van der Waals surface area contributed by atoms with Crippen LogP contribution in [0, 0.1) is 11.8 Å². The van der Waals surface area contributed by atoms with Crippen LogP contribution in [-0.2, 0) is 20.9 Å². The van der Waals surface area contributed by atoms with E-state index in [9.17, 15) is 14.4 Å². The number of amides is 2. The minimum atomic E-state index is -1.04. The van der Waals surface area contributed by atoms with Gasteiger partial charge in [-0.15, -0.1) is 0 Å². The summed E-state index contributed by atoms with van der Waals surface area (Å²) in [6, 6.07) is 0. The molecule has 2 rings (SSSR count). The number of carbonyl (C=O) groups excluding carboxylic acids is 2. The predicted octanol–water partition coefficient (Wildman–Crippen LogP) is 0.113. The molecule has 0 aliphatic carbocycles. The monoisotopic (exact) mass is 251 g/mol. The number of imide groups is 1. The maximum atomic E-state index is 11.9. The summed E-state index contributed by atoms with van der Waals surface area (Å²) in [4.78, 5) is 35.4. The third-order valence-corrected chi connectivity index (χ3v) is 3.14. The van der Waals surface area contributed by atoms with Crippen molar-refractivity contribution in [2.24, 2.45) is 11.8 Å². The Morgan fingerprint density at radius 2 is 1.89 bits per heavy atom. The zero-order valence-corrected chi connectivity index (χ0v) is 10.0. The Hall–Kier alpha value is -2.18. The van der Waals surface area contributed by atoms with Crippen molar-refractivity contribution in [1.29, 1.82) is 0 Å². The average Bonchev–Trinajstić information content (AvgIpc) is 2.80. The molecule has 96 valence electrons. The number of aliphatic carboxylic acids is 1. The number of anilines is 1. The molecular weight excluding hydrogens is 238 g/mol. The molecule has 1 aromatic rings. The maximum Gasteiger partial charge on any atom is 0.325 e. The molecule has 0 saturated carbocycles. The Morgan fingerprint density at radius 1 is 1.33 bits per heavy atom. The molecule has 18 heavy (non-hydrogen) atoms. The third kappa shape index (κ3) is 1.87. The first-order chi connectivity index (χ1) is 8.41. The largest absolute Gasteiger partial charge is 0.480 e. The van der Waals surface area contributed by atoms with E-state index in [-0.39, 0.29) is 30.2 Å². The van der Waals surface area contributed by atoms with Crippen LogP contribution in [-0.4, -0.2) is 32.7 Å². The second-order valence-electron chi connectivity index (χ2n) is 4.38. The van der Waals surface area contributed by atoms with Gasteiger partial charge in [0.15, 0.2) is 0 Å². The Morgan fingerprint density at radius 3 is 2.39 bits per heavy atom. The number of hydrogen-bond donors (Lipinski definition) is 1. The van der Waals surface area contributed by atoms with Crippen molar-refractivity contribution in [3.8, 4) is 0 Å². The van der Waals surface area contributed by atoms with Crippen LogP contribution in [0.2, 0.25) is 0 Å². The molecule has 0 aromatic carbocycles. The van der Waals surface area contributed by atoms with Crippen molar-refractivity contribution >= 4 is 23.5 Å². The molecule has 1 saturated heterocycles. The Bertz CT molecular complexity index is 502. The van der Waals surface area contributed by atoms with Crippen LogP contribution in [0.15, 0.2) is 12.4 Å². The number of hydrogen-bond acceptors (Lipinski definition) is 4. The van der Waals surface area contributed by atoms with Crippen molar-refractivity contribution in [2.75, 3.05) is 4.90 Å². The van der Waals surface area contributed by atoms with Gasteiger partial charge in [0.05, 0.1) is 11.9 Å². The molecule has 2 heterocycles. The minimum Gasteiger partial charge on any atom is -0.480 e.